The number of piperazine rings is 1. The van der Waals surface area contributed by atoms with E-state index in [1.807, 2.05) is 0 Å². The maximum atomic E-state index is 14.7. The molecule has 1 aliphatic rings. The predicted octanol–water partition coefficient (Wildman–Crippen LogP) is 3.44. The van der Waals surface area contributed by atoms with E-state index >= 15 is 0 Å². The van der Waals surface area contributed by atoms with Gasteiger partial charge in [-0.1, -0.05) is 11.6 Å². The van der Waals surface area contributed by atoms with Crippen LogP contribution in [-0.2, 0) is 11.8 Å². The van der Waals surface area contributed by atoms with Gasteiger partial charge in [0.15, 0.2) is 24.0 Å². The summed E-state index contributed by atoms with van der Waals surface area (Å²) in [6.45, 7) is 4.50. The highest BCUT2D eigenvalue weighted by molar-refractivity contribution is 6.34. The number of carboxylic acids is 1. The van der Waals surface area contributed by atoms with Crippen LogP contribution in [-0.4, -0.2) is 89.4 Å². The Bertz CT molecular complexity index is 1620. The number of nitriles is 1. The topological polar surface area (TPSA) is 162 Å². The Labute approximate surface area is 263 Å². The first-order chi connectivity index (χ1) is 21.7. The lowest BCUT2D eigenvalue weighted by atomic mass is 10.1. The van der Waals surface area contributed by atoms with Crippen molar-refractivity contribution in [3.63, 3.8) is 0 Å². The molecule has 12 nitrogen and oxygen atoms in total. The number of alkyl halides is 3. The van der Waals surface area contributed by atoms with Gasteiger partial charge in [-0.05, 0) is 30.3 Å². The van der Waals surface area contributed by atoms with Crippen molar-refractivity contribution in [3.8, 4) is 23.1 Å². The molecule has 0 unspecified atom stereocenters. The minimum atomic E-state index is -5.08. The zero-order valence-electron chi connectivity index (χ0n) is 24.1. The van der Waals surface area contributed by atoms with Crippen molar-refractivity contribution in [2.24, 2.45) is 7.05 Å². The van der Waals surface area contributed by atoms with Crippen molar-refractivity contribution < 1.29 is 46.2 Å². The summed E-state index contributed by atoms with van der Waals surface area (Å²) >= 11 is 6.32. The zero-order valence-corrected chi connectivity index (χ0v) is 24.8. The Morgan fingerprint density at radius 2 is 1.80 bits per heavy atom. The Hall–Kier alpha value is -4.79. The molecular formula is C28H27ClF5N7O5. The Morgan fingerprint density at radius 1 is 1.13 bits per heavy atom. The average Bonchev–Trinajstić information content (AvgIpc) is 3.39. The van der Waals surface area contributed by atoms with Gasteiger partial charge in [0.1, 0.15) is 6.07 Å². The van der Waals surface area contributed by atoms with Crippen LogP contribution in [0.15, 0.2) is 36.5 Å². The maximum Gasteiger partial charge on any atom is 0.490 e. The second-order valence-corrected chi connectivity index (χ2v) is 9.92. The van der Waals surface area contributed by atoms with Gasteiger partial charge in [-0.15, -0.1) is 0 Å². The molecule has 246 valence electrons. The monoisotopic (exact) mass is 671 g/mol. The number of nitrogens with one attached hydrogen (secondary N) is 3. The van der Waals surface area contributed by atoms with Crippen molar-refractivity contribution in [1.29, 1.82) is 5.26 Å². The van der Waals surface area contributed by atoms with E-state index in [4.69, 9.17) is 31.5 Å². The maximum absolute atomic E-state index is 14.7. The molecule has 4 N–H and O–H groups in total. The molecular weight excluding hydrogens is 645 g/mol. The highest BCUT2D eigenvalue weighted by Crippen LogP contribution is 2.30. The third-order valence-electron chi connectivity index (χ3n) is 6.44. The Balaban J connectivity index is 0.000000738. The SMILES string of the molecule is Cn1c(-c2ccc(OCC#N)c(F)c2F)cnc1C(=O)Nc1ccc(C(=O)NCCN2CCNCC2)c(Cl)c1.O=C(O)C(F)(F)F. The van der Waals surface area contributed by atoms with E-state index in [2.05, 4.69) is 25.8 Å². The number of imidazole rings is 1. The van der Waals surface area contributed by atoms with E-state index in [1.54, 1.807) is 6.07 Å². The second-order valence-electron chi connectivity index (χ2n) is 9.51. The number of hydrogen-bond acceptors (Lipinski definition) is 8. The predicted molar refractivity (Wildman–Crippen MR) is 154 cm³/mol. The molecule has 1 aromatic heterocycles. The summed E-state index contributed by atoms with van der Waals surface area (Å²) in [7, 11) is 1.48. The number of anilines is 1. The molecule has 4 rings (SSSR count). The number of ether oxygens (including phenoxy) is 1. The number of nitrogens with zero attached hydrogens (tertiary/aromatic N) is 4. The summed E-state index contributed by atoms with van der Waals surface area (Å²) in [5.41, 5.74) is 0.604. The lowest BCUT2D eigenvalue weighted by Gasteiger charge is -2.27. The molecule has 46 heavy (non-hydrogen) atoms. The fraction of sp³-hybridized carbons (Fsp3) is 0.321. The molecule has 0 atom stereocenters. The number of benzene rings is 2. The van der Waals surface area contributed by atoms with Gasteiger partial charge < -0.3 is 30.4 Å². The van der Waals surface area contributed by atoms with Gasteiger partial charge in [0.2, 0.25) is 5.82 Å². The summed E-state index contributed by atoms with van der Waals surface area (Å²) in [6, 6.07) is 8.65. The number of rotatable bonds is 9. The molecule has 2 amide bonds. The molecule has 3 aromatic rings. The van der Waals surface area contributed by atoms with Crippen LogP contribution in [0.5, 0.6) is 5.75 Å². The molecule has 1 saturated heterocycles. The molecule has 2 heterocycles. The molecule has 18 heteroatoms. The van der Waals surface area contributed by atoms with E-state index in [-0.39, 0.29) is 33.6 Å². The van der Waals surface area contributed by atoms with E-state index in [0.29, 0.717) is 12.2 Å². The van der Waals surface area contributed by atoms with Gasteiger partial charge in [-0.3, -0.25) is 14.5 Å². The van der Waals surface area contributed by atoms with Crippen LogP contribution in [0, 0.1) is 23.0 Å². The minimum Gasteiger partial charge on any atom is -0.476 e. The Morgan fingerprint density at radius 3 is 2.41 bits per heavy atom. The molecule has 0 spiro atoms. The van der Waals surface area contributed by atoms with Gasteiger partial charge in [-0.25, -0.2) is 14.2 Å². The molecule has 0 radical (unpaired) electrons. The summed E-state index contributed by atoms with van der Waals surface area (Å²) < 4.78 is 67.0. The summed E-state index contributed by atoms with van der Waals surface area (Å²) in [5, 5.41) is 24.6. The first-order valence-electron chi connectivity index (χ1n) is 13.4. The van der Waals surface area contributed by atoms with E-state index in [9.17, 15) is 31.5 Å². The fourth-order valence-electron chi connectivity index (χ4n) is 4.14. The van der Waals surface area contributed by atoms with Crippen molar-refractivity contribution >= 4 is 35.1 Å². The number of amides is 2. The van der Waals surface area contributed by atoms with Gasteiger partial charge >= 0.3 is 12.1 Å². The quantitative estimate of drug-likeness (QED) is 0.250. The number of carbonyl (C=O) groups is 3. The summed E-state index contributed by atoms with van der Waals surface area (Å²) in [4.78, 5) is 40.6. The molecule has 2 aromatic carbocycles. The zero-order chi connectivity index (χ0) is 34.0. The smallest absolute Gasteiger partial charge is 0.476 e. The third kappa shape index (κ3) is 9.36. The Kier molecular flexibility index (Phi) is 12.4. The number of hydrogen-bond donors (Lipinski definition) is 4. The fourth-order valence-corrected chi connectivity index (χ4v) is 4.41. The number of aromatic nitrogens is 2. The number of carbonyl (C=O) groups excluding carboxylic acids is 2. The van der Waals surface area contributed by atoms with Crippen molar-refractivity contribution in [3.05, 3.63) is 64.6 Å². The number of carboxylic acid groups (broad SMARTS) is 1. The van der Waals surface area contributed by atoms with Crippen molar-refractivity contribution in [2.45, 2.75) is 6.18 Å². The van der Waals surface area contributed by atoms with Crippen molar-refractivity contribution in [2.75, 3.05) is 51.2 Å². The molecule has 1 aliphatic heterocycles. The van der Waals surface area contributed by atoms with E-state index < -0.39 is 42.0 Å². The molecule has 0 aliphatic carbocycles. The largest absolute Gasteiger partial charge is 0.490 e. The first-order valence-corrected chi connectivity index (χ1v) is 13.7. The van der Waals surface area contributed by atoms with Gasteiger partial charge in [0, 0.05) is 57.6 Å². The van der Waals surface area contributed by atoms with Crippen LogP contribution >= 0.6 is 11.6 Å². The van der Waals surface area contributed by atoms with Crippen LogP contribution in [0.4, 0.5) is 27.6 Å². The third-order valence-corrected chi connectivity index (χ3v) is 6.76. The van der Waals surface area contributed by atoms with Gasteiger partial charge in [0.25, 0.3) is 11.8 Å². The molecule has 1 fully saturated rings. The highest BCUT2D eigenvalue weighted by atomic mass is 35.5. The van der Waals surface area contributed by atoms with E-state index in [0.717, 1.165) is 32.7 Å². The lowest BCUT2D eigenvalue weighted by Crippen LogP contribution is -2.46. The number of aliphatic carboxylic acids is 1. The highest BCUT2D eigenvalue weighted by Gasteiger charge is 2.38. The summed E-state index contributed by atoms with van der Waals surface area (Å²) in [5.74, 6) is -6.62. The van der Waals surface area contributed by atoms with Crippen LogP contribution in [0.1, 0.15) is 21.0 Å². The summed E-state index contributed by atoms with van der Waals surface area (Å²) in [6.07, 6.45) is -3.84. The van der Waals surface area contributed by atoms with Crippen molar-refractivity contribution in [1.82, 2.24) is 25.1 Å². The van der Waals surface area contributed by atoms with Gasteiger partial charge in [-0.2, -0.15) is 22.8 Å². The van der Waals surface area contributed by atoms with E-state index in [1.165, 1.54) is 48.1 Å². The van der Waals surface area contributed by atoms with Crippen LogP contribution in [0.25, 0.3) is 11.3 Å². The molecule has 0 bridgehead atoms. The second kappa shape index (κ2) is 16.0. The normalized spacial score (nSPS) is 13.2. The lowest BCUT2D eigenvalue weighted by molar-refractivity contribution is -0.192. The standard InChI is InChI=1S/C26H26ClF2N7O3.C2HF3O2/c1-35-20(18-4-5-21(39-13-6-30)23(29)22(18)28)15-33-24(35)26(38)34-16-2-3-17(19(27)14-16)25(37)32-9-12-36-10-7-31-8-11-36;3-2(4,5)1(6)7/h2-5,14-15,31H,7-13H2,1H3,(H,32,37)(H,34,38);(H,6,7). The molecule has 0 saturated carbocycles. The number of halogens is 6. The first kappa shape index (κ1) is 35.7. The van der Waals surface area contributed by atoms with Crippen LogP contribution in [0.3, 0.4) is 0 Å². The van der Waals surface area contributed by atoms with Gasteiger partial charge in [0.05, 0.1) is 22.5 Å². The average molecular weight is 672 g/mol. The van der Waals surface area contributed by atoms with Crippen LogP contribution in [0.2, 0.25) is 5.02 Å². The minimum absolute atomic E-state index is 0.0690. The van der Waals surface area contributed by atoms with Crippen LogP contribution < -0.4 is 20.7 Å².